The highest BCUT2D eigenvalue weighted by Gasteiger charge is 2.28. The van der Waals surface area contributed by atoms with Gasteiger partial charge in [0.25, 0.3) is 0 Å². The Balaban J connectivity index is 0.00000176. The second-order valence-electron chi connectivity index (χ2n) is 6.40. The van der Waals surface area contributed by atoms with Crippen molar-refractivity contribution in [2.75, 3.05) is 26.2 Å². The molecule has 0 saturated carbocycles. The van der Waals surface area contributed by atoms with E-state index < -0.39 is 0 Å². The van der Waals surface area contributed by atoms with Gasteiger partial charge < -0.3 is 10.1 Å². The molecule has 3 rings (SSSR count). The third-order valence-electron chi connectivity index (χ3n) is 4.92. The first-order valence-electron chi connectivity index (χ1n) is 8.52. The van der Waals surface area contributed by atoms with Crippen molar-refractivity contribution in [3.8, 4) is 5.75 Å². The summed E-state index contributed by atoms with van der Waals surface area (Å²) in [6.45, 7) is 7.54. The second-order valence-corrected chi connectivity index (χ2v) is 6.40. The standard InChI is InChI=1S/C18H28N2O.ClH/c1-2-21-17-6-3-5-15(13-17)14-20-11-8-16(9-12-20)18-7-4-10-19-18;/h3,5-6,13,16,18-19H,2,4,7-12,14H2,1H3;1H. The molecule has 1 atom stereocenters. The van der Waals surface area contributed by atoms with Crippen molar-refractivity contribution in [1.82, 2.24) is 10.2 Å². The topological polar surface area (TPSA) is 24.5 Å². The van der Waals surface area contributed by atoms with Gasteiger partial charge in [0.2, 0.25) is 0 Å². The van der Waals surface area contributed by atoms with E-state index in [4.69, 9.17) is 4.74 Å². The molecule has 2 saturated heterocycles. The quantitative estimate of drug-likeness (QED) is 0.897. The number of nitrogens with one attached hydrogen (secondary N) is 1. The number of hydrogen-bond acceptors (Lipinski definition) is 3. The average Bonchev–Trinajstić information content (AvgIpc) is 3.03. The Morgan fingerprint density at radius 2 is 2.05 bits per heavy atom. The number of benzene rings is 1. The molecule has 0 amide bonds. The zero-order valence-electron chi connectivity index (χ0n) is 13.6. The molecular weight excluding hydrogens is 296 g/mol. The van der Waals surface area contributed by atoms with Gasteiger partial charge in [-0.25, -0.2) is 0 Å². The number of likely N-dealkylation sites (tertiary alicyclic amines) is 1. The maximum absolute atomic E-state index is 5.59. The molecule has 1 aromatic rings. The Labute approximate surface area is 140 Å². The molecule has 2 aliphatic rings. The van der Waals surface area contributed by atoms with Crippen molar-refractivity contribution in [3.05, 3.63) is 29.8 Å². The molecule has 0 spiro atoms. The lowest BCUT2D eigenvalue weighted by atomic mass is 9.88. The zero-order valence-corrected chi connectivity index (χ0v) is 14.4. The highest BCUT2D eigenvalue weighted by molar-refractivity contribution is 5.85. The van der Waals surface area contributed by atoms with Crippen LogP contribution in [0, 0.1) is 5.92 Å². The number of halogens is 1. The molecule has 3 nitrogen and oxygen atoms in total. The monoisotopic (exact) mass is 324 g/mol. The molecule has 2 heterocycles. The van der Waals surface area contributed by atoms with Crippen LogP contribution in [0.1, 0.15) is 38.2 Å². The molecule has 0 aromatic heterocycles. The minimum Gasteiger partial charge on any atom is -0.494 e. The van der Waals surface area contributed by atoms with Gasteiger partial charge in [0.05, 0.1) is 6.61 Å². The summed E-state index contributed by atoms with van der Waals surface area (Å²) in [4.78, 5) is 2.59. The normalized spacial score (nSPS) is 23.2. The Morgan fingerprint density at radius 3 is 2.73 bits per heavy atom. The van der Waals surface area contributed by atoms with Crippen LogP contribution in [0.2, 0.25) is 0 Å². The van der Waals surface area contributed by atoms with Crippen LogP contribution in [-0.4, -0.2) is 37.2 Å². The predicted octanol–water partition coefficient (Wildman–Crippen LogP) is 3.47. The summed E-state index contributed by atoms with van der Waals surface area (Å²) < 4.78 is 5.59. The van der Waals surface area contributed by atoms with E-state index in [-0.39, 0.29) is 12.4 Å². The Hall–Kier alpha value is -0.770. The van der Waals surface area contributed by atoms with Crippen molar-refractivity contribution in [1.29, 1.82) is 0 Å². The van der Waals surface area contributed by atoms with Gasteiger partial charge in [-0.05, 0) is 75.9 Å². The van der Waals surface area contributed by atoms with Gasteiger partial charge in [0, 0.05) is 12.6 Å². The van der Waals surface area contributed by atoms with E-state index >= 15 is 0 Å². The first kappa shape index (κ1) is 17.6. The molecule has 2 aliphatic heterocycles. The van der Waals surface area contributed by atoms with Gasteiger partial charge in [0.15, 0.2) is 0 Å². The maximum atomic E-state index is 5.59. The van der Waals surface area contributed by atoms with Gasteiger partial charge >= 0.3 is 0 Å². The van der Waals surface area contributed by atoms with Crippen LogP contribution in [0.3, 0.4) is 0 Å². The van der Waals surface area contributed by atoms with Crippen molar-refractivity contribution >= 4 is 12.4 Å². The van der Waals surface area contributed by atoms with Gasteiger partial charge in [-0.1, -0.05) is 12.1 Å². The summed E-state index contributed by atoms with van der Waals surface area (Å²) in [5, 5.41) is 3.68. The van der Waals surface area contributed by atoms with Gasteiger partial charge in [-0.3, -0.25) is 4.90 Å². The number of piperidine rings is 1. The second kappa shape index (κ2) is 8.76. The van der Waals surface area contributed by atoms with E-state index in [9.17, 15) is 0 Å². The maximum Gasteiger partial charge on any atom is 0.119 e. The predicted molar refractivity (Wildman–Crippen MR) is 93.9 cm³/mol. The van der Waals surface area contributed by atoms with Crippen LogP contribution < -0.4 is 10.1 Å². The molecule has 124 valence electrons. The van der Waals surface area contributed by atoms with E-state index in [2.05, 4.69) is 28.4 Å². The van der Waals surface area contributed by atoms with Gasteiger partial charge in [0.1, 0.15) is 5.75 Å². The van der Waals surface area contributed by atoms with Crippen LogP contribution in [-0.2, 0) is 6.54 Å². The molecule has 1 aromatic carbocycles. The SMILES string of the molecule is CCOc1cccc(CN2CCC(C3CCCN3)CC2)c1.Cl. The number of hydrogen-bond donors (Lipinski definition) is 1. The summed E-state index contributed by atoms with van der Waals surface area (Å²) >= 11 is 0. The summed E-state index contributed by atoms with van der Waals surface area (Å²) in [7, 11) is 0. The van der Waals surface area contributed by atoms with Gasteiger partial charge in [-0.15, -0.1) is 12.4 Å². The first-order chi connectivity index (χ1) is 10.3. The van der Waals surface area contributed by atoms with E-state index in [1.807, 2.05) is 13.0 Å². The fraction of sp³-hybridized carbons (Fsp3) is 0.667. The van der Waals surface area contributed by atoms with E-state index in [1.54, 1.807) is 0 Å². The smallest absolute Gasteiger partial charge is 0.119 e. The lowest BCUT2D eigenvalue weighted by Crippen LogP contribution is -2.40. The number of nitrogens with zero attached hydrogens (tertiary/aromatic N) is 1. The van der Waals surface area contributed by atoms with Crippen molar-refractivity contribution < 1.29 is 4.74 Å². The van der Waals surface area contributed by atoms with Crippen molar-refractivity contribution in [2.24, 2.45) is 5.92 Å². The molecule has 0 radical (unpaired) electrons. The fourth-order valence-corrected chi connectivity index (χ4v) is 3.79. The van der Waals surface area contributed by atoms with Crippen molar-refractivity contribution in [2.45, 2.75) is 45.2 Å². The lowest BCUT2D eigenvalue weighted by Gasteiger charge is -2.35. The number of rotatable bonds is 5. The van der Waals surface area contributed by atoms with Crippen LogP contribution in [0.4, 0.5) is 0 Å². The fourth-order valence-electron chi connectivity index (χ4n) is 3.79. The summed E-state index contributed by atoms with van der Waals surface area (Å²) in [6, 6.07) is 9.36. The summed E-state index contributed by atoms with van der Waals surface area (Å²) in [6.07, 6.45) is 5.46. The molecule has 1 unspecified atom stereocenters. The molecular formula is C18H29ClN2O. The largest absolute Gasteiger partial charge is 0.494 e. The molecule has 0 bridgehead atoms. The highest BCUT2D eigenvalue weighted by atomic mass is 35.5. The van der Waals surface area contributed by atoms with E-state index in [0.29, 0.717) is 0 Å². The molecule has 1 N–H and O–H groups in total. The number of ether oxygens (including phenoxy) is 1. The summed E-state index contributed by atoms with van der Waals surface area (Å²) in [5.74, 6) is 1.90. The Morgan fingerprint density at radius 1 is 1.23 bits per heavy atom. The van der Waals surface area contributed by atoms with Crippen LogP contribution in [0.15, 0.2) is 24.3 Å². The lowest BCUT2D eigenvalue weighted by molar-refractivity contribution is 0.157. The average molecular weight is 325 g/mol. The van der Waals surface area contributed by atoms with Crippen LogP contribution in [0.25, 0.3) is 0 Å². The minimum absolute atomic E-state index is 0. The molecule has 2 fully saturated rings. The summed E-state index contributed by atoms with van der Waals surface area (Å²) in [5.41, 5.74) is 1.37. The molecule has 0 aliphatic carbocycles. The van der Waals surface area contributed by atoms with Crippen molar-refractivity contribution in [3.63, 3.8) is 0 Å². The third-order valence-corrected chi connectivity index (χ3v) is 4.92. The zero-order chi connectivity index (χ0) is 14.5. The Bertz CT molecular complexity index is 440. The first-order valence-corrected chi connectivity index (χ1v) is 8.52. The highest BCUT2D eigenvalue weighted by Crippen LogP contribution is 2.26. The van der Waals surface area contributed by atoms with E-state index in [1.165, 1.54) is 50.9 Å². The van der Waals surface area contributed by atoms with Crippen LogP contribution >= 0.6 is 12.4 Å². The minimum atomic E-state index is 0. The van der Waals surface area contributed by atoms with Crippen LogP contribution in [0.5, 0.6) is 5.75 Å². The van der Waals surface area contributed by atoms with Gasteiger partial charge in [-0.2, -0.15) is 0 Å². The Kier molecular flexibility index (Phi) is 7.00. The van der Waals surface area contributed by atoms with E-state index in [0.717, 1.165) is 30.9 Å². The molecule has 4 heteroatoms. The third kappa shape index (κ3) is 4.61. The molecule has 22 heavy (non-hydrogen) atoms.